The molecular formula is C15H31O. The molecule has 0 amide bonds. The van der Waals surface area contributed by atoms with Gasteiger partial charge in [0.2, 0.25) is 0 Å². The van der Waals surface area contributed by atoms with Crippen molar-refractivity contribution in [1.82, 2.24) is 0 Å². The van der Waals surface area contributed by atoms with Gasteiger partial charge < -0.3 is 0 Å². The Bertz CT molecular complexity index is 121. The van der Waals surface area contributed by atoms with Gasteiger partial charge in [-0.05, 0) is 12.3 Å². The Balaban J connectivity index is 2.88. The molecule has 0 bridgehead atoms. The van der Waals surface area contributed by atoms with E-state index in [2.05, 4.69) is 13.8 Å². The maximum Gasteiger partial charge on any atom is 0.0822 e. The highest BCUT2D eigenvalue weighted by molar-refractivity contribution is 4.49. The monoisotopic (exact) mass is 227 g/mol. The number of hydrogen-bond donors (Lipinski definition) is 0. The van der Waals surface area contributed by atoms with E-state index in [4.69, 9.17) is 0 Å². The first kappa shape index (κ1) is 16.0. The number of unbranched alkanes of at least 4 members (excludes halogenated alkanes) is 9. The molecule has 0 aromatic heterocycles. The summed E-state index contributed by atoms with van der Waals surface area (Å²) in [6.45, 7) is 4.74. The molecule has 0 saturated heterocycles. The Morgan fingerprint density at radius 2 is 1.00 bits per heavy atom. The van der Waals surface area contributed by atoms with Crippen molar-refractivity contribution in [3.63, 3.8) is 0 Å². The average Bonchev–Trinajstić information content (AvgIpc) is 2.25. The van der Waals surface area contributed by atoms with E-state index in [1.807, 2.05) is 0 Å². The van der Waals surface area contributed by atoms with Gasteiger partial charge in [0, 0.05) is 0 Å². The molecule has 0 spiro atoms. The van der Waals surface area contributed by atoms with Gasteiger partial charge in [-0.15, -0.1) is 0 Å². The number of hydrogen-bond acceptors (Lipinski definition) is 0. The van der Waals surface area contributed by atoms with E-state index in [1.54, 1.807) is 0 Å². The lowest BCUT2D eigenvalue weighted by Crippen LogP contribution is -1.87. The zero-order valence-electron chi connectivity index (χ0n) is 11.5. The first-order valence-electron chi connectivity index (χ1n) is 7.35. The van der Waals surface area contributed by atoms with Crippen molar-refractivity contribution in [2.24, 2.45) is 5.92 Å². The van der Waals surface area contributed by atoms with Crippen LogP contribution in [0.2, 0.25) is 0 Å². The van der Waals surface area contributed by atoms with Crippen LogP contribution in [0.1, 0.15) is 84.5 Å². The van der Waals surface area contributed by atoms with Crippen LogP contribution < -0.4 is 0 Å². The molecule has 0 N–H and O–H groups in total. The van der Waals surface area contributed by atoms with Gasteiger partial charge in [-0.25, -0.2) is 5.11 Å². The van der Waals surface area contributed by atoms with Gasteiger partial charge >= 0.3 is 0 Å². The Hall–Kier alpha value is -0.0400. The van der Waals surface area contributed by atoms with Crippen molar-refractivity contribution in [3.05, 3.63) is 0 Å². The molecule has 0 aromatic rings. The summed E-state index contributed by atoms with van der Waals surface area (Å²) in [6.07, 6.45) is 14.5. The molecule has 0 aromatic carbocycles. The van der Waals surface area contributed by atoms with Crippen molar-refractivity contribution in [2.45, 2.75) is 84.5 Å². The maximum atomic E-state index is 10.2. The minimum Gasteiger partial charge on any atom is -0.237 e. The molecule has 0 aliphatic carbocycles. The van der Waals surface area contributed by atoms with Gasteiger partial charge in [-0.1, -0.05) is 78.1 Å². The molecule has 16 heavy (non-hydrogen) atoms. The minimum atomic E-state index is 0.121. The van der Waals surface area contributed by atoms with Crippen molar-refractivity contribution >= 4 is 0 Å². The lowest BCUT2D eigenvalue weighted by Gasteiger charge is -2.04. The predicted octanol–water partition coefficient (Wildman–Crippen LogP) is 5.36. The summed E-state index contributed by atoms with van der Waals surface area (Å²) in [7, 11) is 0. The van der Waals surface area contributed by atoms with Crippen LogP contribution in [0.15, 0.2) is 0 Å². The van der Waals surface area contributed by atoms with E-state index in [1.165, 1.54) is 57.8 Å². The van der Waals surface area contributed by atoms with Gasteiger partial charge in [0.15, 0.2) is 0 Å². The van der Waals surface area contributed by atoms with Crippen LogP contribution in [0.5, 0.6) is 0 Å². The lowest BCUT2D eigenvalue weighted by atomic mass is 10.0. The SMILES string of the molecule is CC(C)CCCCCCCCCCCC[O]. The highest BCUT2D eigenvalue weighted by Gasteiger charge is 1.95. The maximum absolute atomic E-state index is 10.2. The molecule has 0 saturated carbocycles. The fourth-order valence-electron chi connectivity index (χ4n) is 2.07. The summed E-state index contributed by atoms with van der Waals surface area (Å²) in [6, 6.07) is 0. The first-order chi connectivity index (χ1) is 7.77. The summed E-state index contributed by atoms with van der Waals surface area (Å²) in [5, 5.41) is 10.2. The van der Waals surface area contributed by atoms with Gasteiger partial charge in [0.25, 0.3) is 0 Å². The van der Waals surface area contributed by atoms with Crippen LogP contribution in [-0.4, -0.2) is 6.61 Å². The van der Waals surface area contributed by atoms with E-state index in [0.717, 1.165) is 18.8 Å². The van der Waals surface area contributed by atoms with E-state index in [9.17, 15) is 5.11 Å². The van der Waals surface area contributed by atoms with Crippen LogP contribution in [-0.2, 0) is 5.11 Å². The Kier molecular flexibility index (Phi) is 13.0. The topological polar surface area (TPSA) is 19.9 Å². The highest BCUT2D eigenvalue weighted by atomic mass is 16.2. The van der Waals surface area contributed by atoms with Crippen LogP contribution in [0.25, 0.3) is 0 Å². The molecular weight excluding hydrogens is 196 g/mol. The fraction of sp³-hybridized carbons (Fsp3) is 1.00. The molecule has 0 aliphatic heterocycles. The van der Waals surface area contributed by atoms with Crippen LogP contribution in [0, 0.1) is 5.92 Å². The summed E-state index contributed by atoms with van der Waals surface area (Å²) < 4.78 is 0. The quantitative estimate of drug-likeness (QED) is 0.400. The third-order valence-corrected chi connectivity index (χ3v) is 3.18. The van der Waals surface area contributed by atoms with E-state index in [-0.39, 0.29) is 6.61 Å². The molecule has 0 aliphatic rings. The molecule has 0 rings (SSSR count). The Morgan fingerprint density at radius 3 is 1.38 bits per heavy atom. The van der Waals surface area contributed by atoms with E-state index in [0.29, 0.717) is 0 Å². The van der Waals surface area contributed by atoms with E-state index < -0.39 is 0 Å². The Labute approximate surface area is 103 Å². The van der Waals surface area contributed by atoms with Crippen molar-refractivity contribution < 1.29 is 5.11 Å². The molecule has 0 heterocycles. The van der Waals surface area contributed by atoms with Gasteiger partial charge in [0.1, 0.15) is 0 Å². The molecule has 1 heteroatoms. The number of rotatable bonds is 12. The second-order valence-corrected chi connectivity index (χ2v) is 5.42. The zero-order valence-corrected chi connectivity index (χ0v) is 11.5. The molecule has 0 atom stereocenters. The van der Waals surface area contributed by atoms with Crippen molar-refractivity contribution in [3.8, 4) is 0 Å². The minimum absolute atomic E-state index is 0.121. The normalized spacial score (nSPS) is 11.2. The Morgan fingerprint density at radius 1 is 0.625 bits per heavy atom. The molecule has 97 valence electrons. The third-order valence-electron chi connectivity index (χ3n) is 3.18. The van der Waals surface area contributed by atoms with E-state index >= 15 is 0 Å². The van der Waals surface area contributed by atoms with Crippen LogP contribution in [0.4, 0.5) is 0 Å². The van der Waals surface area contributed by atoms with Crippen molar-refractivity contribution in [2.75, 3.05) is 6.61 Å². The molecule has 1 nitrogen and oxygen atoms in total. The van der Waals surface area contributed by atoms with Gasteiger partial charge in [-0.2, -0.15) is 0 Å². The molecule has 1 radical (unpaired) electrons. The van der Waals surface area contributed by atoms with Gasteiger partial charge in [0.05, 0.1) is 6.61 Å². The predicted molar refractivity (Wildman–Crippen MR) is 71.2 cm³/mol. The summed E-state index contributed by atoms with van der Waals surface area (Å²) in [5.74, 6) is 0.876. The average molecular weight is 227 g/mol. The smallest absolute Gasteiger partial charge is 0.0822 e. The lowest BCUT2D eigenvalue weighted by molar-refractivity contribution is 0.186. The van der Waals surface area contributed by atoms with Crippen LogP contribution >= 0.6 is 0 Å². The van der Waals surface area contributed by atoms with Crippen LogP contribution in [0.3, 0.4) is 0 Å². The second kappa shape index (κ2) is 13.0. The summed E-state index contributed by atoms with van der Waals surface area (Å²) in [5.41, 5.74) is 0. The standard InChI is InChI=1S/C15H31O/c1-15(2)13-11-9-7-5-3-4-6-8-10-12-14-16/h15H,3-14H2,1-2H3. The highest BCUT2D eigenvalue weighted by Crippen LogP contribution is 2.13. The van der Waals surface area contributed by atoms with Crippen molar-refractivity contribution in [1.29, 1.82) is 0 Å². The molecule has 0 unspecified atom stereocenters. The first-order valence-corrected chi connectivity index (χ1v) is 7.35. The largest absolute Gasteiger partial charge is 0.237 e. The second-order valence-electron chi connectivity index (χ2n) is 5.42. The third kappa shape index (κ3) is 14.0. The summed E-state index contributed by atoms with van der Waals surface area (Å²) in [4.78, 5) is 0. The summed E-state index contributed by atoms with van der Waals surface area (Å²) >= 11 is 0. The molecule has 0 fully saturated rings. The van der Waals surface area contributed by atoms with Gasteiger partial charge in [-0.3, -0.25) is 0 Å². The fourth-order valence-corrected chi connectivity index (χ4v) is 2.07. The zero-order chi connectivity index (χ0) is 12.1.